The second kappa shape index (κ2) is 52.0. The van der Waals surface area contributed by atoms with Crippen LogP contribution in [-0.2, 0) is 14.3 Å². The maximum absolute atomic E-state index is 12.5. The minimum absolute atomic E-state index is 0.0144. The topological polar surface area (TPSA) is 95.9 Å². The van der Waals surface area contributed by atoms with Gasteiger partial charge >= 0.3 is 5.97 Å². The number of aliphatic hydroxyl groups excluding tert-OH is 2. The Morgan fingerprint density at radius 3 is 1.29 bits per heavy atom. The molecule has 0 spiro atoms. The van der Waals surface area contributed by atoms with Gasteiger partial charge in [0.25, 0.3) is 0 Å². The molecule has 366 valence electrons. The number of hydrogen-bond donors (Lipinski definition) is 3. The van der Waals surface area contributed by atoms with Crippen molar-refractivity contribution in [3.8, 4) is 0 Å². The summed E-state index contributed by atoms with van der Waals surface area (Å²) in [5, 5.41) is 23.3. The molecule has 0 radical (unpaired) electrons. The van der Waals surface area contributed by atoms with Gasteiger partial charge in [-0.15, -0.1) is 0 Å². The van der Waals surface area contributed by atoms with Crippen molar-refractivity contribution in [2.45, 2.75) is 309 Å². The number of esters is 1. The average Bonchev–Trinajstić information content (AvgIpc) is 3.27. The molecule has 62 heavy (non-hydrogen) atoms. The molecular weight excluding hydrogens is 767 g/mol. The van der Waals surface area contributed by atoms with Crippen molar-refractivity contribution in [2.24, 2.45) is 0 Å². The lowest BCUT2D eigenvalue weighted by molar-refractivity contribution is -0.143. The van der Waals surface area contributed by atoms with Crippen molar-refractivity contribution in [3.05, 3.63) is 24.3 Å². The summed E-state index contributed by atoms with van der Waals surface area (Å²) in [4.78, 5) is 24.5. The molecule has 6 heteroatoms. The van der Waals surface area contributed by atoms with Crippen LogP contribution in [-0.4, -0.2) is 47.4 Å². The molecule has 3 N–H and O–H groups in total. The normalized spacial score (nSPS) is 12.8. The molecule has 0 aliphatic carbocycles. The minimum atomic E-state index is -0.670. The van der Waals surface area contributed by atoms with E-state index in [0.29, 0.717) is 25.9 Å². The summed E-state index contributed by atoms with van der Waals surface area (Å²) in [5.74, 6) is -0.0568. The second-order valence-corrected chi connectivity index (χ2v) is 18.9. The van der Waals surface area contributed by atoms with Crippen LogP contribution >= 0.6 is 0 Å². The molecule has 0 fully saturated rings. The van der Waals surface area contributed by atoms with Crippen LogP contribution in [0.3, 0.4) is 0 Å². The Labute approximate surface area is 386 Å². The first-order valence-electron chi connectivity index (χ1n) is 27.6. The van der Waals surface area contributed by atoms with Crippen LogP contribution in [0.2, 0.25) is 0 Å². The lowest BCUT2D eigenvalue weighted by Crippen LogP contribution is -2.45. The molecule has 1 amide bonds. The molecule has 0 aromatic rings. The number of nitrogens with one attached hydrogen (secondary N) is 1. The molecule has 6 nitrogen and oxygen atoms in total. The Morgan fingerprint density at radius 2 is 0.839 bits per heavy atom. The predicted molar refractivity (Wildman–Crippen MR) is 269 cm³/mol. The quantitative estimate of drug-likeness (QED) is 0.0321. The van der Waals surface area contributed by atoms with Gasteiger partial charge in [-0.3, -0.25) is 9.59 Å². The Balaban J connectivity index is 3.44. The van der Waals surface area contributed by atoms with Crippen molar-refractivity contribution in [1.29, 1.82) is 0 Å². The van der Waals surface area contributed by atoms with Gasteiger partial charge in [-0.2, -0.15) is 0 Å². The Kier molecular flexibility index (Phi) is 50.6. The highest BCUT2D eigenvalue weighted by Crippen LogP contribution is 2.17. The number of carbonyl (C=O) groups is 2. The lowest BCUT2D eigenvalue weighted by Gasteiger charge is -2.22. The number of aliphatic hydroxyl groups is 2. The fourth-order valence-corrected chi connectivity index (χ4v) is 8.50. The lowest BCUT2D eigenvalue weighted by atomic mass is 10.0. The Hall–Kier alpha value is -1.66. The zero-order valence-corrected chi connectivity index (χ0v) is 41.6. The molecule has 0 saturated carbocycles. The number of hydrogen-bond acceptors (Lipinski definition) is 5. The number of allylic oxidation sites excluding steroid dienone is 4. The van der Waals surface area contributed by atoms with Gasteiger partial charge in [0, 0.05) is 12.8 Å². The van der Waals surface area contributed by atoms with Crippen LogP contribution in [0.15, 0.2) is 24.3 Å². The van der Waals surface area contributed by atoms with Crippen LogP contribution < -0.4 is 5.32 Å². The van der Waals surface area contributed by atoms with E-state index in [1.807, 2.05) is 0 Å². The molecule has 0 aromatic heterocycles. The first-order valence-corrected chi connectivity index (χ1v) is 27.6. The number of amides is 1. The highest BCUT2D eigenvalue weighted by molar-refractivity contribution is 5.76. The maximum Gasteiger partial charge on any atom is 0.305 e. The molecule has 0 aliphatic heterocycles. The van der Waals surface area contributed by atoms with E-state index < -0.39 is 12.1 Å². The van der Waals surface area contributed by atoms with E-state index in [2.05, 4.69) is 43.5 Å². The number of carbonyl (C=O) groups excluding carboxylic acids is 2. The molecule has 0 bridgehead atoms. The van der Waals surface area contributed by atoms with Crippen LogP contribution in [0, 0.1) is 0 Å². The first-order chi connectivity index (χ1) is 30.5. The van der Waals surface area contributed by atoms with Crippen LogP contribution in [0.4, 0.5) is 0 Å². The van der Waals surface area contributed by atoms with E-state index in [0.717, 1.165) is 57.8 Å². The van der Waals surface area contributed by atoms with Crippen LogP contribution in [0.5, 0.6) is 0 Å². The molecule has 2 atom stereocenters. The molecule has 0 heterocycles. The van der Waals surface area contributed by atoms with E-state index in [1.54, 1.807) is 0 Å². The predicted octanol–water partition coefficient (Wildman–Crippen LogP) is 16.7. The van der Waals surface area contributed by atoms with Crippen LogP contribution in [0.1, 0.15) is 296 Å². The van der Waals surface area contributed by atoms with Gasteiger partial charge in [-0.05, 0) is 51.4 Å². The van der Waals surface area contributed by atoms with Crippen molar-refractivity contribution in [2.75, 3.05) is 13.2 Å². The summed E-state index contributed by atoms with van der Waals surface area (Å²) < 4.78 is 5.45. The fraction of sp³-hybridized carbons (Fsp3) is 0.893. The summed E-state index contributed by atoms with van der Waals surface area (Å²) in [7, 11) is 0. The van der Waals surface area contributed by atoms with Gasteiger partial charge in [-0.1, -0.05) is 256 Å². The summed E-state index contributed by atoms with van der Waals surface area (Å²) >= 11 is 0. The maximum atomic E-state index is 12.5. The molecule has 0 aromatic carbocycles. The van der Waals surface area contributed by atoms with E-state index in [4.69, 9.17) is 4.74 Å². The van der Waals surface area contributed by atoms with E-state index >= 15 is 0 Å². The highest BCUT2D eigenvalue weighted by Gasteiger charge is 2.20. The third-order valence-corrected chi connectivity index (χ3v) is 12.7. The average molecular weight is 874 g/mol. The van der Waals surface area contributed by atoms with Crippen LogP contribution in [0.25, 0.3) is 0 Å². The largest absolute Gasteiger partial charge is 0.466 e. The number of unbranched alkanes of at least 4 members (excludes halogenated alkanes) is 36. The zero-order chi connectivity index (χ0) is 45.1. The van der Waals surface area contributed by atoms with E-state index in [-0.39, 0.29) is 18.5 Å². The third kappa shape index (κ3) is 47.8. The molecule has 0 saturated heterocycles. The minimum Gasteiger partial charge on any atom is -0.466 e. The summed E-state index contributed by atoms with van der Waals surface area (Å²) in [6, 6.07) is -0.548. The molecule has 0 rings (SSSR count). The third-order valence-electron chi connectivity index (χ3n) is 12.7. The van der Waals surface area contributed by atoms with Crippen molar-refractivity contribution in [3.63, 3.8) is 0 Å². The van der Waals surface area contributed by atoms with Crippen molar-refractivity contribution >= 4 is 11.9 Å². The Bertz CT molecular complexity index is 966. The van der Waals surface area contributed by atoms with Gasteiger partial charge in [-0.25, -0.2) is 0 Å². The molecule has 0 aliphatic rings. The van der Waals surface area contributed by atoms with Crippen molar-refractivity contribution < 1.29 is 24.5 Å². The van der Waals surface area contributed by atoms with Gasteiger partial charge in [0.15, 0.2) is 0 Å². The SMILES string of the molecule is CCC/C=C\C/C=C\CCCCCCCC(=O)OCCCCCCCCCCCCCCCCCC(=O)NC(CO)C(O)CCCCCCCCCCCCCCCCCCC. The first kappa shape index (κ1) is 60.3. The van der Waals surface area contributed by atoms with E-state index in [9.17, 15) is 19.8 Å². The van der Waals surface area contributed by atoms with Gasteiger partial charge in [0.1, 0.15) is 0 Å². The smallest absolute Gasteiger partial charge is 0.305 e. The summed E-state index contributed by atoms with van der Waals surface area (Å²) in [5.41, 5.74) is 0. The molecular formula is C56H107NO5. The van der Waals surface area contributed by atoms with Gasteiger partial charge in [0.05, 0.1) is 25.4 Å². The summed E-state index contributed by atoms with van der Waals surface area (Å²) in [6.07, 6.45) is 61.5. The zero-order valence-electron chi connectivity index (χ0n) is 41.6. The fourth-order valence-electron chi connectivity index (χ4n) is 8.50. The van der Waals surface area contributed by atoms with Crippen molar-refractivity contribution in [1.82, 2.24) is 5.32 Å². The second-order valence-electron chi connectivity index (χ2n) is 18.9. The number of ether oxygens (including phenoxy) is 1. The molecule has 2 unspecified atom stereocenters. The van der Waals surface area contributed by atoms with Gasteiger partial charge < -0.3 is 20.3 Å². The standard InChI is InChI=1S/C56H107NO5/c1-3-5-7-9-11-13-15-17-18-19-21-25-28-32-36-40-44-48-54(59)53(52-58)57-55(60)49-45-41-37-33-29-26-22-20-23-27-31-35-39-43-47-51-62-56(61)50-46-42-38-34-30-24-16-14-12-10-8-6-4-2/h8,10,14,16,53-54,58-59H,3-7,9,11-13,15,17-52H2,1-2H3,(H,57,60)/b10-8-,16-14-. The van der Waals surface area contributed by atoms with E-state index in [1.165, 1.54) is 205 Å². The van der Waals surface area contributed by atoms with Gasteiger partial charge in [0.2, 0.25) is 5.91 Å². The monoisotopic (exact) mass is 874 g/mol. The highest BCUT2D eigenvalue weighted by atomic mass is 16.5. The number of rotatable bonds is 51. The Morgan fingerprint density at radius 1 is 0.452 bits per heavy atom. The summed E-state index contributed by atoms with van der Waals surface area (Å²) in [6.45, 7) is 4.88.